The molecule has 2 heterocycles. The summed E-state index contributed by atoms with van der Waals surface area (Å²) in [7, 11) is 0. The lowest BCUT2D eigenvalue weighted by atomic mass is 9.84. The third kappa shape index (κ3) is 10.0. The molecule has 1 aromatic heterocycles. The van der Waals surface area contributed by atoms with Gasteiger partial charge in [0.25, 0.3) is 0 Å². The number of nitrogens with zero attached hydrogens (tertiary/aromatic N) is 1. The minimum absolute atomic E-state index is 0.0423. The highest BCUT2D eigenvalue weighted by Gasteiger charge is 2.31. The second-order valence-electron chi connectivity index (χ2n) is 10.6. The number of aromatic nitrogens is 1. The van der Waals surface area contributed by atoms with E-state index in [1.807, 2.05) is 0 Å². The Bertz CT molecular complexity index is 1490. The van der Waals surface area contributed by atoms with Crippen LogP contribution >= 0.6 is 11.6 Å². The number of nitrogens with one attached hydrogen (secondary N) is 3. The Morgan fingerprint density at radius 3 is 2.41 bits per heavy atom. The van der Waals surface area contributed by atoms with Gasteiger partial charge in [-0.05, 0) is 48.2 Å². The van der Waals surface area contributed by atoms with Gasteiger partial charge in [-0.15, -0.1) is 0 Å². The second kappa shape index (κ2) is 15.6. The summed E-state index contributed by atoms with van der Waals surface area (Å²) in [6.45, 7) is -1.41. The van der Waals surface area contributed by atoms with Crippen LogP contribution in [0.25, 0.3) is 0 Å². The number of carbonyl (C=O) groups is 2. The smallest absolute Gasteiger partial charge is 0.407 e. The number of halogens is 7. The van der Waals surface area contributed by atoms with Crippen LogP contribution in [-0.4, -0.2) is 67.7 Å². The predicted octanol–water partition coefficient (Wildman–Crippen LogP) is 4.83. The maximum atomic E-state index is 14.9. The Labute approximate surface area is 264 Å². The number of ether oxygens (including phenoxy) is 2. The van der Waals surface area contributed by atoms with Crippen molar-refractivity contribution in [1.29, 1.82) is 0 Å². The summed E-state index contributed by atoms with van der Waals surface area (Å²) < 4.78 is 90.4. The molecule has 1 aliphatic heterocycles. The zero-order valence-corrected chi connectivity index (χ0v) is 24.8. The first kappa shape index (κ1) is 34.9. The van der Waals surface area contributed by atoms with E-state index in [0.717, 1.165) is 18.3 Å². The minimum Gasteiger partial charge on any atom is -0.448 e. The molecule has 3 aromatic rings. The second-order valence-corrected chi connectivity index (χ2v) is 11.0. The summed E-state index contributed by atoms with van der Waals surface area (Å²) >= 11 is 6.00. The number of carbonyl (C=O) groups excluding carboxylic acids is 2. The molecule has 4 rings (SSSR count). The molecule has 2 aromatic carbocycles. The Hall–Kier alpha value is -3.92. The molecule has 0 radical (unpaired) electrons. The molecule has 1 fully saturated rings. The number of nitrogens with two attached hydrogens (primary N) is 1. The van der Waals surface area contributed by atoms with Gasteiger partial charge in [0.2, 0.25) is 5.91 Å². The summed E-state index contributed by atoms with van der Waals surface area (Å²) in [6.07, 6.45) is -3.57. The van der Waals surface area contributed by atoms with Crippen molar-refractivity contribution in [2.24, 2.45) is 5.73 Å². The van der Waals surface area contributed by atoms with Crippen LogP contribution < -0.4 is 21.7 Å². The molecule has 46 heavy (non-hydrogen) atoms. The highest BCUT2D eigenvalue weighted by Crippen LogP contribution is 2.31. The lowest BCUT2D eigenvalue weighted by molar-refractivity contribution is -0.124. The van der Waals surface area contributed by atoms with Crippen molar-refractivity contribution in [3.05, 3.63) is 94.0 Å². The highest BCUT2D eigenvalue weighted by molar-refractivity contribution is 6.30. The number of alkyl carbamates (subject to hydrolysis) is 1. The first-order chi connectivity index (χ1) is 21.8. The SMILES string of the molecule is N[C@H](C(=O)Nc1cncc(F)c1CC[C@@H]1CN[C@H](COC(=O)NCC(F)(F)F)CO1)[C@@H](c1ccc(Cl)cc1)c1cc(F)cc(F)c1. The van der Waals surface area contributed by atoms with E-state index in [-0.39, 0.29) is 43.0 Å². The number of hydrogen-bond donors (Lipinski definition) is 4. The fraction of sp³-hybridized carbons (Fsp3) is 0.367. The van der Waals surface area contributed by atoms with Gasteiger partial charge in [0.15, 0.2) is 0 Å². The molecule has 1 aliphatic rings. The third-order valence-electron chi connectivity index (χ3n) is 7.13. The molecule has 1 saturated heterocycles. The normalized spacial score (nSPS) is 18.0. The van der Waals surface area contributed by atoms with Crippen LogP contribution in [0, 0.1) is 17.5 Å². The molecule has 0 unspecified atom stereocenters. The molecule has 248 valence electrons. The van der Waals surface area contributed by atoms with Crippen molar-refractivity contribution in [3.8, 4) is 0 Å². The van der Waals surface area contributed by atoms with Crippen LogP contribution in [0.15, 0.2) is 54.9 Å². The van der Waals surface area contributed by atoms with Crippen LogP contribution in [0.2, 0.25) is 5.02 Å². The van der Waals surface area contributed by atoms with Crippen LogP contribution in [0.4, 0.5) is 36.8 Å². The fourth-order valence-electron chi connectivity index (χ4n) is 4.89. The van der Waals surface area contributed by atoms with Crippen molar-refractivity contribution in [1.82, 2.24) is 15.6 Å². The van der Waals surface area contributed by atoms with Crippen LogP contribution in [0.3, 0.4) is 0 Å². The van der Waals surface area contributed by atoms with E-state index >= 15 is 0 Å². The number of anilines is 1. The average molecular weight is 674 g/mol. The van der Waals surface area contributed by atoms with Crippen molar-refractivity contribution in [2.75, 3.05) is 31.6 Å². The summed E-state index contributed by atoms with van der Waals surface area (Å²) in [5.41, 5.74) is 7.09. The van der Waals surface area contributed by atoms with Gasteiger partial charge in [-0.3, -0.25) is 9.78 Å². The van der Waals surface area contributed by atoms with Gasteiger partial charge in [0, 0.05) is 29.1 Å². The maximum absolute atomic E-state index is 14.9. The Morgan fingerprint density at radius 1 is 1.09 bits per heavy atom. The number of alkyl halides is 3. The number of morpholine rings is 1. The Balaban J connectivity index is 1.37. The van der Waals surface area contributed by atoms with Crippen molar-refractivity contribution < 1.29 is 45.4 Å². The summed E-state index contributed by atoms with van der Waals surface area (Å²) in [4.78, 5) is 28.7. The molecular weight excluding hydrogens is 644 g/mol. The van der Waals surface area contributed by atoms with Crippen LogP contribution in [0.1, 0.15) is 29.0 Å². The van der Waals surface area contributed by atoms with Gasteiger partial charge in [0.05, 0.1) is 42.9 Å². The number of hydrogen-bond acceptors (Lipinski definition) is 7. The summed E-state index contributed by atoms with van der Waals surface area (Å²) in [5, 5.41) is 7.65. The van der Waals surface area contributed by atoms with E-state index in [1.165, 1.54) is 6.20 Å². The number of rotatable bonds is 11. The van der Waals surface area contributed by atoms with E-state index in [0.29, 0.717) is 23.1 Å². The largest absolute Gasteiger partial charge is 0.448 e. The van der Waals surface area contributed by atoms with Gasteiger partial charge >= 0.3 is 12.3 Å². The van der Waals surface area contributed by atoms with Gasteiger partial charge in [0.1, 0.15) is 30.6 Å². The predicted molar refractivity (Wildman–Crippen MR) is 156 cm³/mol. The molecule has 2 amide bonds. The van der Waals surface area contributed by atoms with Gasteiger partial charge in [-0.25, -0.2) is 18.0 Å². The molecule has 0 aliphatic carbocycles. The van der Waals surface area contributed by atoms with Crippen molar-refractivity contribution in [3.63, 3.8) is 0 Å². The summed E-state index contributed by atoms with van der Waals surface area (Å²) in [5.74, 6) is -4.18. The van der Waals surface area contributed by atoms with E-state index in [1.54, 1.807) is 29.6 Å². The molecule has 4 atom stereocenters. The fourth-order valence-corrected chi connectivity index (χ4v) is 5.01. The van der Waals surface area contributed by atoms with E-state index in [2.05, 4.69) is 15.6 Å². The zero-order chi connectivity index (χ0) is 33.4. The van der Waals surface area contributed by atoms with E-state index < -0.39 is 66.3 Å². The van der Waals surface area contributed by atoms with Gasteiger partial charge in [-0.1, -0.05) is 23.7 Å². The minimum atomic E-state index is -4.56. The number of amides is 2. The number of pyridine rings is 1. The Kier molecular flexibility index (Phi) is 11.8. The van der Waals surface area contributed by atoms with E-state index in [9.17, 15) is 35.9 Å². The number of benzene rings is 2. The molecule has 9 nitrogen and oxygen atoms in total. The van der Waals surface area contributed by atoms with Crippen molar-refractivity contribution >= 4 is 29.3 Å². The average Bonchev–Trinajstić information content (AvgIpc) is 2.99. The molecular formula is C30H30ClF6N5O4. The Morgan fingerprint density at radius 2 is 1.78 bits per heavy atom. The third-order valence-corrected chi connectivity index (χ3v) is 7.38. The first-order valence-electron chi connectivity index (χ1n) is 14.0. The van der Waals surface area contributed by atoms with E-state index in [4.69, 9.17) is 26.8 Å². The van der Waals surface area contributed by atoms with Crippen molar-refractivity contribution in [2.45, 2.75) is 43.1 Å². The summed E-state index contributed by atoms with van der Waals surface area (Å²) in [6, 6.07) is 7.24. The molecule has 0 saturated carbocycles. The highest BCUT2D eigenvalue weighted by atomic mass is 35.5. The zero-order valence-electron chi connectivity index (χ0n) is 24.1. The van der Waals surface area contributed by atoms with Crippen LogP contribution in [0.5, 0.6) is 0 Å². The quantitative estimate of drug-likeness (QED) is 0.215. The monoisotopic (exact) mass is 673 g/mol. The standard InChI is InChI=1S/C30H30ClF6N5O4/c31-18-3-1-16(2-4-18)26(17-7-19(32)9-20(33)8-17)27(38)28(43)42-25-12-39-11-24(34)23(25)6-5-22-10-40-21(13-45-22)14-46-29(44)41-15-30(35,36)37/h1-4,7-9,11-12,21-22,26-27,40H,5-6,10,13-15,38H2,(H,41,44)(H,42,43)/t21-,22+,26-,27-/m0/s1. The van der Waals surface area contributed by atoms with Gasteiger partial charge in [-0.2, -0.15) is 13.2 Å². The maximum Gasteiger partial charge on any atom is 0.407 e. The van der Waals surface area contributed by atoms with Crippen LogP contribution in [-0.2, 0) is 20.7 Å². The molecule has 16 heteroatoms. The molecule has 0 bridgehead atoms. The van der Waals surface area contributed by atoms with Gasteiger partial charge < -0.3 is 31.2 Å². The molecule has 5 N–H and O–H groups in total. The lowest BCUT2D eigenvalue weighted by Crippen LogP contribution is -2.49. The first-order valence-corrected chi connectivity index (χ1v) is 14.4. The topological polar surface area (TPSA) is 128 Å². The lowest BCUT2D eigenvalue weighted by Gasteiger charge is -2.30. The molecule has 0 spiro atoms.